The van der Waals surface area contributed by atoms with E-state index >= 15 is 0 Å². The van der Waals surface area contributed by atoms with Gasteiger partial charge in [-0.25, -0.2) is 0 Å². The van der Waals surface area contributed by atoms with Gasteiger partial charge in [0.1, 0.15) is 0 Å². The molecule has 2 unspecified atom stereocenters. The molecule has 1 aromatic carbocycles. The van der Waals surface area contributed by atoms with Gasteiger partial charge in [-0.1, -0.05) is 44.0 Å². The molecule has 0 radical (unpaired) electrons. The van der Waals surface area contributed by atoms with Crippen LogP contribution >= 0.6 is 0 Å². The van der Waals surface area contributed by atoms with Crippen LogP contribution in [0.3, 0.4) is 0 Å². The van der Waals surface area contributed by atoms with E-state index in [1.807, 2.05) is 0 Å². The smallest absolute Gasteiger partial charge is 0.0465 e. The molecule has 92 valence electrons. The number of fused-ring (bicyclic) bond motifs is 3. The van der Waals surface area contributed by atoms with Gasteiger partial charge >= 0.3 is 0 Å². The van der Waals surface area contributed by atoms with Crippen molar-refractivity contribution in [1.82, 2.24) is 5.32 Å². The molecule has 0 saturated heterocycles. The Morgan fingerprint density at radius 2 is 2.12 bits per heavy atom. The van der Waals surface area contributed by atoms with Crippen molar-refractivity contribution >= 4 is 0 Å². The molecule has 1 saturated carbocycles. The number of benzene rings is 1. The van der Waals surface area contributed by atoms with E-state index in [2.05, 4.69) is 36.5 Å². The van der Waals surface area contributed by atoms with Gasteiger partial charge < -0.3 is 5.32 Å². The maximum Gasteiger partial charge on any atom is 0.0465 e. The van der Waals surface area contributed by atoms with E-state index in [-0.39, 0.29) is 0 Å². The van der Waals surface area contributed by atoms with Crippen LogP contribution in [-0.4, -0.2) is 6.54 Å². The summed E-state index contributed by atoms with van der Waals surface area (Å²) in [6, 6.07) is 9.12. The predicted octanol–water partition coefficient (Wildman–Crippen LogP) is 3.63. The number of hydrogen-bond acceptors (Lipinski definition) is 1. The Bertz CT molecular complexity index is 394. The van der Waals surface area contributed by atoms with Crippen LogP contribution in [0.15, 0.2) is 24.3 Å². The topological polar surface area (TPSA) is 12.0 Å². The van der Waals surface area contributed by atoms with Crippen LogP contribution in [0.1, 0.15) is 50.2 Å². The van der Waals surface area contributed by atoms with Crippen molar-refractivity contribution in [2.75, 3.05) is 6.54 Å². The zero-order chi connectivity index (χ0) is 11.7. The first-order valence-electron chi connectivity index (χ1n) is 7.20. The Kier molecular flexibility index (Phi) is 2.96. The quantitative estimate of drug-likeness (QED) is 0.816. The molecular formula is C16H23N. The number of aryl methyl sites for hydroxylation is 1. The largest absolute Gasteiger partial charge is 0.307 e. The highest BCUT2D eigenvalue weighted by atomic mass is 15.0. The maximum atomic E-state index is 3.86. The molecule has 1 nitrogen and oxygen atoms in total. The minimum Gasteiger partial charge on any atom is -0.307 e. The van der Waals surface area contributed by atoms with Gasteiger partial charge in [0.05, 0.1) is 0 Å². The fourth-order valence-electron chi connectivity index (χ4n) is 4.14. The van der Waals surface area contributed by atoms with Crippen molar-refractivity contribution in [2.45, 2.75) is 51.0 Å². The fourth-order valence-corrected chi connectivity index (χ4v) is 4.14. The summed E-state index contributed by atoms with van der Waals surface area (Å²) < 4.78 is 0. The molecule has 3 rings (SSSR count). The van der Waals surface area contributed by atoms with Crippen LogP contribution in [0.25, 0.3) is 0 Å². The van der Waals surface area contributed by atoms with E-state index in [1.165, 1.54) is 38.5 Å². The van der Waals surface area contributed by atoms with Crippen molar-refractivity contribution < 1.29 is 0 Å². The molecule has 17 heavy (non-hydrogen) atoms. The lowest BCUT2D eigenvalue weighted by atomic mass is 9.62. The molecule has 0 aromatic heterocycles. The van der Waals surface area contributed by atoms with Crippen LogP contribution in [0.2, 0.25) is 0 Å². The van der Waals surface area contributed by atoms with E-state index in [1.54, 1.807) is 11.1 Å². The molecule has 0 amide bonds. The minimum atomic E-state index is 0.307. The summed E-state index contributed by atoms with van der Waals surface area (Å²) in [5.41, 5.74) is 3.51. The normalized spacial score (nSPS) is 31.7. The molecule has 1 heteroatoms. The van der Waals surface area contributed by atoms with Crippen LogP contribution < -0.4 is 5.32 Å². The van der Waals surface area contributed by atoms with Gasteiger partial charge in [-0.05, 0) is 49.3 Å². The molecule has 2 aliphatic carbocycles. The van der Waals surface area contributed by atoms with E-state index in [4.69, 9.17) is 0 Å². The Balaban J connectivity index is 2.07. The number of nitrogens with one attached hydrogen (secondary N) is 1. The molecule has 2 aliphatic rings. The zero-order valence-corrected chi connectivity index (χ0v) is 10.8. The maximum absolute atomic E-state index is 3.86. The van der Waals surface area contributed by atoms with Gasteiger partial charge in [-0.2, -0.15) is 0 Å². The lowest BCUT2D eigenvalue weighted by molar-refractivity contribution is 0.122. The van der Waals surface area contributed by atoms with Gasteiger partial charge in [0.15, 0.2) is 0 Å². The lowest BCUT2D eigenvalue weighted by Crippen LogP contribution is -2.52. The average molecular weight is 229 g/mol. The number of rotatable bonds is 2. The monoisotopic (exact) mass is 229 g/mol. The molecule has 0 spiro atoms. The van der Waals surface area contributed by atoms with Gasteiger partial charge in [-0.3, -0.25) is 0 Å². The highest BCUT2D eigenvalue weighted by Crippen LogP contribution is 2.48. The zero-order valence-electron chi connectivity index (χ0n) is 10.8. The third-order valence-electron chi connectivity index (χ3n) is 4.82. The van der Waals surface area contributed by atoms with E-state index in [0.717, 1.165) is 12.5 Å². The third kappa shape index (κ3) is 1.72. The molecule has 0 heterocycles. The van der Waals surface area contributed by atoms with Crippen molar-refractivity contribution in [2.24, 2.45) is 5.92 Å². The van der Waals surface area contributed by atoms with Crippen molar-refractivity contribution in [3.63, 3.8) is 0 Å². The summed E-state index contributed by atoms with van der Waals surface area (Å²) in [6.07, 6.45) is 8.24. The second-order valence-electron chi connectivity index (χ2n) is 5.64. The standard InChI is InChI=1S/C16H23N/c1-2-17-16-12-6-5-8-14(16)11-10-13-7-3-4-9-15(13)16/h3-4,7,9,14,17H,2,5-6,8,10-12H2,1H3. The van der Waals surface area contributed by atoms with Crippen LogP contribution in [0, 0.1) is 5.92 Å². The van der Waals surface area contributed by atoms with Gasteiger partial charge in [-0.15, -0.1) is 0 Å². The summed E-state index contributed by atoms with van der Waals surface area (Å²) in [6.45, 7) is 3.34. The van der Waals surface area contributed by atoms with Crippen LogP contribution in [0.4, 0.5) is 0 Å². The first-order valence-corrected chi connectivity index (χ1v) is 7.20. The third-order valence-corrected chi connectivity index (χ3v) is 4.82. The Hall–Kier alpha value is -0.820. The Morgan fingerprint density at radius 3 is 3.00 bits per heavy atom. The molecule has 0 bridgehead atoms. The predicted molar refractivity (Wildman–Crippen MR) is 72.1 cm³/mol. The summed E-state index contributed by atoms with van der Waals surface area (Å²) in [5.74, 6) is 0.867. The van der Waals surface area contributed by atoms with Gasteiger partial charge in [0, 0.05) is 5.54 Å². The number of hydrogen-bond donors (Lipinski definition) is 1. The van der Waals surface area contributed by atoms with Gasteiger partial charge in [0.2, 0.25) is 0 Å². The SMILES string of the molecule is CCNC12CCCCC1CCc1ccccc12. The second kappa shape index (κ2) is 4.45. The Labute approximate surface area is 105 Å². The highest BCUT2D eigenvalue weighted by Gasteiger charge is 2.44. The molecule has 0 aliphatic heterocycles. The van der Waals surface area contributed by atoms with E-state index in [9.17, 15) is 0 Å². The van der Waals surface area contributed by atoms with Crippen molar-refractivity contribution in [3.05, 3.63) is 35.4 Å². The highest BCUT2D eigenvalue weighted by molar-refractivity contribution is 5.37. The van der Waals surface area contributed by atoms with Crippen LogP contribution in [-0.2, 0) is 12.0 Å². The van der Waals surface area contributed by atoms with Crippen LogP contribution in [0.5, 0.6) is 0 Å². The summed E-state index contributed by atoms with van der Waals surface area (Å²) in [7, 11) is 0. The Morgan fingerprint density at radius 1 is 1.24 bits per heavy atom. The van der Waals surface area contributed by atoms with Gasteiger partial charge in [0.25, 0.3) is 0 Å². The molecule has 1 fully saturated rings. The molecule has 2 atom stereocenters. The second-order valence-corrected chi connectivity index (χ2v) is 5.64. The lowest BCUT2D eigenvalue weighted by Gasteiger charge is -2.49. The van der Waals surface area contributed by atoms with E-state index in [0.29, 0.717) is 5.54 Å². The average Bonchev–Trinajstić information content (AvgIpc) is 2.39. The minimum absolute atomic E-state index is 0.307. The summed E-state index contributed by atoms with van der Waals surface area (Å²) in [4.78, 5) is 0. The molecule has 1 N–H and O–H groups in total. The molecular weight excluding hydrogens is 206 g/mol. The molecule has 1 aromatic rings. The first-order chi connectivity index (χ1) is 8.37. The first kappa shape index (κ1) is 11.3. The van der Waals surface area contributed by atoms with Crippen molar-refractivity contribution in [3.8, 4) is 0 Å². The van der Waals surface area contributed by atoms with Crippen molar-refractivity contribution in [1.29, 1.82) is 0 Å². The van der Waals surface area contributed by atoms with E-state index < -0.39 is 0 Å². The fraction of sp³-hybridized carbons (Fsp3) is 0.625. The summed E-state index contributed by atoms with van der Waals surface area (Å²) >= 11 is 0. The summed E-state index contributed by atoms with van der Waals surface area (Å²) in [5, 5.41) is 3.86.